The van der Waals surface area contributed by atoms with E-state index in [4.69, 9.17) is 15.2 Å². The van der Waals surface area contributed by atoms with Crippen LogP contribution in [0.2, 0.25) is 0 Å². The fourth-order valence-electron chi connectivity index (χ4n) is 4.97. The molecule has 0 saturated heterocycles. The van der Waals surface area contributed by atoms with Crippen molar-refractivity contribution in [3.63, 3.8) is 0 Å². The summed E-state index contributed by atoms with van der Waals surface area (Å²) in [6, 6.07) is 9.78. The van der Waals surface area contributed by atoms with Crippen LogP contribution in [-0.2, 0) is 21.2 Å². The Morgan fingerprint density at radius 2 is 1.50 bits per heavy atom. The number of nitrogens with two attached hydrogens (primary N) is 1. The standard InChI is InChI=1S/C29H32N4O6S/c1-15-8-17(3)28(18(4)9-15)40(36,37)33-20(11-23-24(33)10-16(2)19(5)31-23)12-27(34)32-22-14-26(39-7)25(38-6)13-21(22)29(30)35/h8-11,13-14H,12H2,1-7H3,(H2,30,35)(H,32,34). The molecule has 3 N–H and O–H groups in total. The number of ether oxygens (including phenoxy) is 2. The third kappa shape index (κ3) is 5.12. The molecule has 2 heterocycles. The maximum atomic E-state index is 14.2. The fraction of sp³-hybridized carbons (Fsp3) is 0.276. The summed E-state index contributed by atoms with van der Waals surface area (Å²) in [7, 11) is -1.30. The van der Waals surface area contributed by atoms with Gasteiger partial charge in [0.2, 0.25) is 5.91 Å². The number of nitrogens with zero attached hydrogens (tertiary/aromatic N) is 2. The van der Waals surface area contributed by atoms with Gasteiger partial charge >= 0.3 is 0 Å². The van der Waals surface area contributed by atoms with Crippen LogP contribution in [0.3, 0.4) is 0 Å². The summed E-state index contributed by atoms with van der Waals surface area (Å²) < 4.78 is 40.2. The van der Waals surface area contributed by atoms with Crippen molar-refractivity contribution in [1.29, 1.82) is 0 Å². The molecule has 40 heavy (non-hydrogen) atoms. The van der Waals surface area contributed by atoms with Crippen LogP contribution in [0, 0.1) is 34.6 Å². The second kappa shape index (κ2) is 10.6. The summed E-state index contributed by atoms with van der Waals surface area (Å²) in [5.74, 6) is -0.811. The van der Waals surface area contributed by atoms with E-state index in [9.17, 15) is 18.0 Å². The smallest absolute Gasteiger partial charge is 0.268 e. The van der Waals surface area contributed by atoms with E-state index < -0.39 is 21.8 Å². The molecular weight excluding hydrogens is 532 g/mol. The van der Waals surface area contributed by atoms with Crippen molar-refractivity contribution in [1.82, 2.24) is 8.96 Å². The number of primary amides is 1. The maximum absolute atomic E-state index is 14.2. The lowest BCUT2D eigenvalue weighted by Gasteiger charge is -2.17. The third-order valence-electron chi connectivity index (χ3n) is 6.77. The van der Waals surface area contributed by atoms with Gasteiger partial charge in [0.05, 0.1) is 47.8 Å². The first-order chi connectivity index (χ1) is 18.8. The molecule has 0 fully saturated rings. The van der Waals surface area contributed by atoms with Crippen molar-refractivity contribution in [2.24, 2.45) is 5.73 Å². The number of carbonyl (C=O) groups is 2. The molecule has 2 aromatic carbocycles. The zero-order valence-corrected chi connectivity index (χ0v) is 24.3. The Balaban J connectivity index is 1.85. The Kier molecular flexibility index (Phi) is 7.62. The molecule has 2 amide bonds. The number of anilines is 1. The molecule has 2 aromatic heterocycles. The van der Waals surface area contributed by atoms with Gasteiger partial charge in [-0.2, -0.15) is 0 Å². The van der Waals surface area contributed by atoms with Crippen molar-refractivity contribution in [2.75, 3.05) is 19.5 Å². The molecular formula is C29H32N4O6S. The summed E-state index contributed by atoms with van der Waals surface area (Å²) in [4.78, 5) is 30.2. The lowest BCUT2D eigenvalue weighted by atomic mass is 10.1. The van der Waals surface area contributed by atoms with Gasteiger partial charge in [0.1, 0.15) is 0 Å². The van der Waals surface area contributed by atoms with E-state index >= 15 is 0 Å². The number of pyridine rings is 1. The van der Waals surface area contributed by atoms with Gasteiger partial charge in [0, 0.05) is 17.5 Å². The molecule has 10 nitrogen and oxygen atoms in total. The zero-order valence-electron chi connectivity index (χ0n) is 23.5. The molecule has 0 saturated carbocycles. The second-order valence-electron chi connectivity index (χ2n) is 9.77. The monoisotopic (exact) mass is 564 g/mol. The highest BCUT2D eigenvalue weighted by Gasteiger charge is 2.28. The van der Waals surface area contributed by atoms with Gasteiger partial charge < -0.3 is 20.5 Å². The first kappa shape index (κ1) is 28.6. The van der Waals surface area contributed by atoms with Gasteiger partial charge in [0.15, 0.2) is 11.5 Å². The Morgan fingerprint density at radius 1 is 0.900 bits per heavy atom. The minimum Gasteiger partial charge on any atom is -0.493 e. The number of fused-ring (bicyclic) bond motifs is 1. The predicted octanol–water partition coefficient (Wildman–Crippen LogP) is 4.11. The van der Waals surface area contributed by atoms with Gasteiger partial charge in [-0.3, -0.25) is 14.6 Å². The van der Waals surface area contributed by atoms with Crippen molar-refractivity contribution in [3.05, 3.63) is 75.6 Å². The zero-order chi connectivity index (χ0) is 29.5. The van der Waals surface area contributed by atoms with Gasteiger partial charge in [-0.05, 0) is 69.5 Å². The van der Waals surface area contributed by atoms with Crippen LogP contribution in [0.15, 0.2) is 41.3 Å². The fourth-order valence-corrected chi connectivity index (χ4v) is 6.91. The number of aryl methyl sites for hydroxylation is 5. The van der Waals surface area contributed by atoms with Gasteiger partial charge in [-0.15, -0.1) is 0 Å². The third-order valence-corrected chi connectivity index (χ3v) is 8.84. The number of amides is 2. The molecule has 0 aliphatic rings. The van der Waals surface area contributed by atoms with E-state index in [1.54, 1.807) is 26.0 Å². The van der Waals surface area contributed by atoms with Gasteiger partial charge in [0.25, 0.3) is 15.9 Å². The van der Waals surface area contributed by atoms with E-state index in [0.29, 0.717) is 22.2 Å². The van der Waals surface area contributed by atoms with Crippen LogP contribution in [0.5, 0.6) is 11.5 Å². The number of methoxy groups -OCH3 is 2. The first-order valence-corrected chi connectivity index (χ1v) is 13.9. The summed E-state index contributed by atoms with van der Waals surface area (Å²) in [6.07, 6.45) is -0.329. The second-order valence-corrected chi connectivity index (χ2v) is 11.5. The molecule has 0 aliphatic heterocycles. The normalized spacial score (nSPS) is 11.5. The predicted molar refractivity (Wildman–Crippen MR) is 153 cm³/mol. The minimum absolute atomic E-state index is 0.0120. The number of rotatable bonds is 8. The molecule has 0 spiro atoms. The van der Waals surface area contributed by atoms with Crippen LogP contribution in [-0.4, -0.2) is 43.4 Å². The molecule has 4 aromatic rings. The maximum Gasteiger partial charge on any atom is 0.268 e. The molecule has 210 valence electrons. The van der Waals surface area contributed by atoms with Crippen molar-refractivity contribution in [2.45, 2.75) is 45.9 Å². The van der Waals surface area contributed by atoms with E-state index in [0.717, 1.165) is 16.8 Å². The highest BCUT2D eigenvalue weighted by atomic mass is 32.2. The summed E-state index contributed by atoms with van der Waals surface area (Å²) in [5, 5.41) is 2.68. The van der Waals surface area contributed by atoms with E-state index in [2.05, 4.69) is 10.3 Å². The number of hydrogen-bond acceptors (Lipinski definition) is 7. The highest BCUT2D eigenvalue weighted by Crippen LogP contribution is 2.34. The largest absolute Gasteiger partial charge is 0.493 e. The SMILES string of the molecule is COc1cc(NC(=O)Cc2cc3nc(C)c(C)cc3n2S(=O)(=O)c2c(C)cc(C)cc2C)c(C(N)=O)cc1OC. The van der Waals surface area contributed by atoms with Crippen molar-refractivity contribution in [3.8, 4) is 11.5 Å². The topological polar surface area (TPSA) is 143 Å². The van der Waals surface area contributed by atoms with Crippen LogP contribution in [0.25, 0.3) is 11.0 Å². The number of aromatic nitrogens is 2. The van der Waals surface area contributed by atoms with E-state index in [1.165, 1.54) is 30.3 Å². The number of carbonyl (C=O) groups excluding carboxylic acids is 2. The average molecular weight is 565 g/mol. The molecule has 0 atom stereocenters. The molecule has 0 radical (unpaired) electrons. The highest BCUT2D eigenvalue weighted by molar-refractivity contribution is 7.90. The minimum atomic E-state index is -4.13. The lowest BCUT2D eigenvalue weighted by Crippen LogP contribution is -2.23. The first-order valence-electron chi connectivity index (χ1n) is 12.5. The molecule has 0 unspecified atom stereocenters. The number of benzene rings is 2. The van der Waals surface area contributed by atoms with E-state index in [-0.39, 0.29) is 39.8 Å². The number of hydrogen-bond donors (Lipinski definition) is 2. The van der Waals surface area contributed by atoms with Crippen LogP contribution >= 0.6 is 0 Å². The Bertz CT molecular complexity index is 1770. The van der Waals surface area contributed by atoms with Crippen molar-refractivity contribution >= 4 is 38.6 Å². The van der Waals surface area contributed by atoms with Crippen LogP contribution in [0.1, 0.15) is 44.0 Å². The lowest BCUT2D eigenvalue weighted by molar-refractivity contribution is -0.115. The quantitative estimate of drug-likeness (QED) is 0.328. The van der Waals surface area contributed by atoms with E-state index in [1.807, 2.05) is 32.9 Å². The molecule has 0 aliphatic carbocycles. The Morgan fingerprint density at radius 3 is 2.08 bits per heavy atom. The Labute approximate surface area is 233 Å². The Hall–Kier alpha value is -4.38. The molecule has 0 bridgehead atoms. The average Bonchev–Trinajstić information content (AvgIpc) is 3.19. The van der Waals surface area contributed by atoms with Crippen LogP contribution < -0.4 is 20.5 Å². The molecule has 4 rings (SSSR count). The molecule has 11 heteroatoms. The summed E-state index contributed by atoms with van der Waals surface area (Å²) >= 11 is 0. The van der Waals surface area contributed by atoms with Crippen molar-refractivity contribution < 1.29 is 27.5 Å². The summed E-state index contributed by atoms with van der Waals surface area (Å²) in [6.45, 7) is 9.09. The van der Waals surface area contributed by atoms with Crippen LogP contribution in [0.4, 0.5) is 5.69 Å². The van der Waals surface area contributed by atoms with Gasteiger partial charge in [-0.25, -0.2) is 12.4 Å². The summed E-state index contributed by atoms with van der Waals surface area (Å²) in [5.41, 5.74) is 10.4. The van der Waals surface area contributed by atoms with Gasteiger partial charge in [-0.1, -0.05) is 17.7 Å². The number of nitrogens with one attached hydrogen (secondary N) is 1.